The van der Waals surface area contributed by atoms with Crippen LogP contribution in [0.3, 0.4) is 0 Å². The fourth-order valence-corrected chi connectivity index (χ4v) is 2.60. The first-order valence-electron chi connectivity index (χ1n) is 7.65. The summed E-state index contributed by atoms with van der Waals surface area (Å²) >= 11 is 6.00. The van der Waals surface area contributed by atoms with Gasteiger partial charge in [0.15, 0.2) is 6.10 Å². The van der Waals surface area contributed by atoms with E-state index in [2.05, 4.69) is 10.3 Å². The number of aromatic nitrogens is 1. The van der Waals surface area contributed by atoms with Crippen molar-refractivity contribution in [3.05, 3.63) is 63.7 Å². The molecule has 0 spiro atoms. The molecule has 1 heterocycles. The smallest absolute Gasteiger partial charge is 0.342 e. The average molecular weight is 365 g/mol. The molecule has 5 nitrogen and oxygen atoms in total. The number of benzene rings is 1. The lowest BCUT2D eigenvalue weighted by molar-refractivity contribution is -0.129. The van der Waals surface area contributed by atoms with Crippen LogP contribution in [0.4, 0.5) is 4.39 Å². The fourth-order valence-electron chi connectivity index (χ4n) is 2.24. The standard InChI is InChI=1S/C18H18ClFN2O3/c1-10-8-11(2)22-16(19)15(10)18(24)25-12(3)17(23)21-9-13-4-6-14(20)7-5-13/h4-8,12H,9H2,1-3H3,(H,21,23)/t12-/m0/s1. The topological polar surface area (TPSA) is 68.3 Å². The molecule has 0 aliphatic heterocycles. The van der Waals surface area contributed by atoms with Gasteiger partial charge < -0.3 is 10.1 Å². The van der Waals surface area contributed by atoms with E-state index >= 15 is 0 Å². The molecule has 0 unspecified atom stereocenters. The summed E-state index contributed by atoms with van der Waals surface area (Å²) in [5.74, 6) is -1.53. The fraction of sp³-hybridized carbons (Fsp3) is 0.278. The van der Waals surface area contributed by atoms with Crippen LogP contribution < -0.4 is 5.32 Å². The monoisotopic (exact) mass is 364 g/mol. The lowest BCUT2D eigenvalue weighted by atomic mass is 10.1. The normalized spacial score (nSPS) is 11.7. The second-order valence-corrected chi connectivity index (χ2v) is 6.00. The number of nitrogens with zero attached hydrogens (tertiary/aromatic N) is 1. The summed E-state index contributed by atoms with van der Waals surface area (Å²) in [6, 6.07) is 7.45. The van der Waals surface area contributed by atoms with E-state index in [1.54, 1.807) is 32.0 Å². The third-order valence-electron chi connectivity index (χ3n) is 3.54. The molecule has 1 atom stereocenters. The molecule has 0 radical (unpaired) electrons. The highest BCUT2D eigenvalue weighted by atomic mass is 35.5. The number of pyridine rings is 1. The van der Waals surface area contributed by atoms with E-state index in [1.165, 1.54) is 19.1 Å². The maximum atomic E-state index is 12.8. The molecule has 1 aromatic carbocycles. The van der Waals surface area contributed by atoms with Crippen molar-refractivity contribution in [1.29, 1.82) is 0 Å². The van der Waals surface area contributed by atoms with Gasteiger partial charge in [0.1, 0.15) is 11.0 Å². The van der Waals surface area contributed by atoms with Gasteiger partial charge in [-0.3, -0.25) is 4.79 Å². The lowest BCUT2D eigenvalue weighted by Crippen LogP contribution is -2.35. The number of ether oxygens (including phenoxy) is 1. The molecule has 2 rings (SSSR count). The maximum absolute atomic E-state index is 12.8. The van der Waals surface area contributed by atoms with Gasteiger partial charge in [0, 0.05) is 12.2 Å². The van der Waals surface area contributed by atoms with E-state index < -0.39 is 18.0 Å². The molecule has 0 aliphatic rings. The Bertz CT molecular complexity index is 770. The third-order valence-corrected chi connectivity index (χ3v) is 3.81. The first-order valence-corrected chi connectivity index (χ1v) is 8.02. The van der Waals surface area contributed by atoms with Crippen molar-refractivity contribution in [3.63, 3.8) is 0 Å². The molecular weight excluding hydrogens is 347 g/mol. The number of aryl methyl sites for hydroxylation is 2. The van der Waals surface area contributed by atoms with Crippen molar-refractivity contribution in [2.45, 2.75) is 33.4 Å². The molecule has 1 aromatic heterocycles. The minimum atomic E-state index is -1.01. The minimum absolute atomic E-state index is 0.0430. The average Bonchev–Trinajstić information content (AvgIpc) is 2.52. The SMILES string of the molecule is Cc1cc(C)c(C(=O)O[C@@H](C)C(=O)NCc2ccc(F)cc2)c(Cl)n1. The molecule has 7 heteroatoms. The van der Waals surface area contributed by atoms with Gasteiger partial charge in [-0.2, -0.15) is 0 Å². The summed E-state index contributed by atoms with van der Waals surface area (Å²) in [4.78, 5) is 28.3. The number of hydrogen-bond acceptors (Lipinski definition) is 4. The highest BCUT2D eigenvalue weighted by Crippen LogP contribution is 2.20. The Morgan fingerprint density at radius 1 is 1.28 bits per heavy atom. The molecule has 0 bridgehead atoms. The highest BCUT2D eigenvalue weighted by molar-refractivity contribution is 6.32. The Kier molecular flexibility index (Phi) is 6.09. The predicted octanol–water partition coefficient (Wildman–Crippen LogP) is 3.35. The number of carbonyl (C=O) groups excluding carboxylic acids is 2. The van der Waals surface area contributed by atoms with Gasteiger partial charge in [-0.15, -0.1) is 0 Å². The molecule has 0 saturated heterocycles. The first-order chi connectivity index (χ1) is 11.8. The van der Waals surface area contributed by atoms with Gasteiger partial charge in [0.25, 0.3) is 5.91 Å². The molecule has 2 aromatic rings. The molecule has 132 valence electrons. The molecular formula is C18H18ClFN2O3. The van der Waals surface area contributed by atoms with Crippen molar-refractivity contribution < 1.29 is 18.7 Å². The quantitative estimate of drug-likeness (QED) is 0.652. The number of esters is 1. The van der Waals surface area contributed by atoms with Crippen LogP contribution in [0, 0.1) is 19.7 Å². The van der Waals surface area contributed by atoms with E-state index in [9.17, 15) is 14.0 Å². The summed E-state index contributed by atoms with van der Waals surface area (Å²) < 4.78 is 18.0. The number of rotatable bonds is 5. The van der Waals surface area contributed by atoms with Crippen LogP contribution in [-0.4, -0.2) is 23.0 Å². The largest absolute Gasteiger partial charge is 0.449 e. The molecule has 0 aliphatic carbocycles. The van der Waals surface area contributed by atoms with Gasteiger partial charge in [-0.25, -0.2) is 14.2 Å². The van der Waals surface area contributed by atoms with Crippen LogP contribution >= 0.6 is 11.6 Å². The number of halogens is 2. The number of nitrogens with one attached hydrogen (secondary N) is 1. The lowest BCUT2D eigenvalue weighted by Gasteiger charge is -2.15. The van der Waals surface area contributed by atoms with Crippen molar-refractivity contribution >= 4 is 23.5 Å². The summed E-state index contributed by atoms with van der Waals surface area (Å²) in [5.41, 5.74) is 2.19. The second kappa shape index (κ2) is 8.07. The summed E-state index contributed by atoms with van der Waals surface area (Å²) in [6.45, 7) is 5.14. The summed E-state index contributed by atoms with van der Waals surface area (Å²) in [6.07, 6.45) is -1.01. The van der Waals surface area contributed by atoms with Crippen molar-refractivity contribution in [2.24, 2.45) is 0 Å². The van der Waals surface area contributed by atoms with Crippen LogP contribution in [-0.2, 0) is 16.1 Å². The Labute approximate surface area is 150 Å². The zero-order valence-corrected chi connectivity index (χ0v) is 14.9. The van der Waals surface area contributed by atoms with Crippen LogP contribution in [0.2, 0.25) is 5.15 Å². The van der Waals surface area contributed by atoms with Crippen LogP contribution in [0.15, 0.2) is 30.3 Å². The van der Waals surface area contributed by atoms with Crippen LogP contribution in [0.5, 0.6) is 0 Å². The zero-order chi connectivity index (χ0) is 18.6. The van der Waals surface area contributed by atoms with Gasteiger partial charge in [0.05, 0.1) is 5.56 Å². The van der Waals surface area contributed by atoms with E-state index in [4.69, 9.17) is 16.3 Å². The molecule has 25 heavy (non-hydrogen) atoms. The Morgan fingerprint density at radius 3 is 2.52 bits per heavy atom. The first kappa shape index (κ1) is 18.9. The number of carbonyl (C=O) groups is 2. The van der Waals surface area contributed by atoms with Crippen molar-refractivity contribution in [1.82, 2.24) is 10.3 Å². The van der Waals surface area contributed by atoms with Crippen LogP contribution in [0.1, 0.15) is 34.1 Å². The molecule has 0 fully saturated rings. The Balaban J connectivity index is 1.96. The van der Waals surface area contributed by atoms with Crippen molar-refractivity contribution in [3.8, 4) is 0 Å². The van der Waals surface area contributed by atoms with Crippen molar-refractivity contribution in [2.75, 3.05) is 0 Å². The van der Waals surface area contributed by atoms with Gasteiger partial charge in [-0.05, 0) is 50.1 Å². The van der Waals surface area contributed by atoms with E-state index in [1.807, 2.05) is 0 Å². The zero-order valence-electron chi connectivity index (χ0n) is 14.1. The third kappa shape index (κ3) is 5.00. The van der Waals surface area contributed by atoms with E-state index in [0.29, 0.717) is 11.3 Å². The van der Waals surface area contributed by atoms with E-state index in [0.717, 1.165) is 5.56 Å². The molecule has 1 amide bonds. The Hall–Kier alpha value is -2.47. The minimum Gasteiger partial charge on any atom is -0.449 e. The van der Waals surface area contributed by atoms with E-state index in [-0.39, 0.29) is 23.1 Å². The summed E-state index contributed by atoms with van der Waals surface area (Å²) in [7, 11) is 0. The molecule has 0 saturated carbocycles. The second-order valence-electron chi connectivity index (χ2n) is 5.64. The van der Waals surface area contributed by atoms with Gasteiger partial charge in [0.2, 0.25) is 0 Å². The number of amides is 1. The Morgan fingerprint density at radius 2 is 1.92 bits per heavy atom. The predicted molar refractivity (Wildman–Crippen MR) is 91.8 cm³/mol. The van der Waals surface area contributed by atoms with Crippen LogP contribution in [0.25, 0.3) is 0 Å². The number of hydrogen-bond donors (Lipinski definition) is 1. The molecule has 1 N–H and O–H groups in total. The summed E-state index contributed by atoms with van der Waals surface area (Å²) in [5, 5.41) is 2.67. The maximum Gasteiger partial charge on any atom is 0.342 e. The van der Waals surface area contributed by atoms with Gasteiger partial charge in [-0.1, -0.05) is 23.7 Å². The van der Waals surface area contributed by atoms with Gasteiger partial charge >= 0.3 is 5.97 Å². The highest BCUT2D eigenvalue weighted by Gasteiger charge is 2.22.